The SMILES string of the molecule is CC(C)(C)OC(=O)N1CCC[C@@H]1COCC(=O)c1cccs1. The third kappa shape index (κ3) is 4.81. The molecule has 0 aromatic carbocycles. The van der Waals surface area contributed by atoms with Gasteiger partial charge in [0.25, 0.3) is 0 Å². The van der Waals surface area contributed by atoms with Gasteiger partial charge < -0.3 is 14.4 Å². The van der Waals surface area contributed by atoms with Gasteiger partial charge in [0.2, 0.25) is 0 Å². The van der Waals surface area contributed by atoms with Crippen molar-refractivity contribution in [1.29, 1.82) is 0 Å². The number of hydrogen-bond donors (Lipinski definition) is 0. The highest BCUT2D eigenvalue weighted by Gasteiger charge is 2.32. The molecule has 1 saturated heterocycles. The Morgan fingerprint density at radius 1 is 1.41 bits per heavy atom. The molecule has 1 atom stereocenters. The molecule has 0 saturated carbocycles. The van der Waals surface area contributed by atoms with E-state index in [0.717, 1.165) is 12.8 Å². The summed E-state index contributed by atoms with van der Waals surface area (Å²) in [6, 6.07) is 3.63. The van der Waals surface area contributed by atoms with Gasteiger partial charge >= 0.3 is 6.09 Å². The maximum atomic E-state index is 12.1. The number of Topliss-reactive ketones (excluding diaryl/α,β-unsaturated/α-hetero) is 1. The number of thiophene rings is 1. The Kier molecular flexibility index (Phi) is 5.58. The van der Waals surface area contributed by atoms with E-state index in [9.17, 15) is 9.59 Å². The van der Waals surface area contributed by atoms with E-state index < -0.39 is 5.60 Å². The topological polar surface area (TPSA) is 55.8 Å². The Labute approximate surface area is 135 Å². The van der Waals surface area contributed by atoms with Crippen molar-refractivity contribution < 1.29 is 19.1 Å². The van der Waals surface area contributed by atoms with Crippen molar-refractivity contribution in [2.45, 2.75) is 45.3 Å². The maximum Gasteiger partial charge on any atom is 0.410 e. The molecule has 122 valence electrons. The van der Waals surface area contributed by atoms with Gasteiger partial charge in [0.05, 0.1) is 17.5 Å². The Balaban J connectivity index is 1.79. The lowest BCUT2D eigenvalue weighted by molar-refractivity contribution is 0.0116. The molecule has 0 bridgehead atoms. The van der Waals surface area contributed by atoms with Gasteiger partial charge in [0.1, 0.15) is 12.2 Å². The molecule has 1 aromatic rings. The molecule has 5 nitrogen and oxygen atoms in total. The molecule has 2 rings (SSSR count). The van der Waals surface area contributed by atoms with Crippen molar-refractivity contribution in [3.63, 3.8) is 0 Å². The fourth-order valence-electron chi connectivity index (χ4n) is 2.37. The normalized spacial score (nSPS) is 18.5. The van der Waals surface area contributed by atoms with Crippen molar-refractivity contribution in [1.82, 2.24) is 4.90 Å². The number of nitrogens with zero attached hydrogens (tertiary/aromatic N) is 1. The van der Waals surface area contributed by atoms with E-state index in [-0.39, 0.29) is 24.5 Å². The molecule has 22 heavy (non-hydrogen) atoms. The van der Waals surface area contributed by atoms with Crippen LogP contribution in [-0.2, 0) is 9.47 Å². The van der Waals surface area contributed by atoms with E-state index in [2.05, 4.69) is 0 Å². The highest BCUT2D eigenvalue weighted by Crippen LogP contribution is 2.21. The molecule has 0 unspecified atom stereocenters. The molecule has 1 aromatic heterocycles. The van der Waals surface area contributed by atoms with Crippen LogP contribution in [0.2, 0.25) is 0 Å². The number of hydrogen-bond acceptors (Lipinski definition) is 5. The van der Waals surface area contributed by atoms with E-state index in [1.54, 1.807) is 11.0 Å². The van der Waals surface area contributed by atoms with Gasteiger partial charge in [-0.15, -0.1) is 11.3 Å². The van der Waals surface area contributed by atoms with E-state index in [1.807, 2.05) is 32.2 Å². The van der Waals surface area contributed by atoms with Gasteiger partial charge in [0.15, 0.2) is 5.78 Å². The van der Waals surface area contributed by atoms with E-state index in [0.29, 0.717) is 18.0 Å². The second-order valence-electron chi connectivity index (χ2n) is 6.39. The third-order valence-electron chi connectivity index (χ3n) is 3.34. The van der Waals surface area contributed by atoms with E-state index >= 15 is 0 Å². The third-order valence-corrected chi connectivity index (χ3v) is 4.26. The van der Waals surface area contributed by atoms with Gasteiger partial charge in [-0.05, 0) is 45.1 Å². The summed E-state index contributed by atoms with van der Waals surface area (Å²) < 4.78 is 10.9. The lowest BCUT2D eigenvalue weighted by atomic mass is 10.2. The summed E-state index contributed by atoms with van der Waals surface area (Å²) in [4.78, 5) is 26.4. The van der Waals surface area contributed by atoms with Crippen LogP contribution in [0.5, 0.6) is 0 Å². The molecule has 0 N–H and O–H groups in total. The molecule has 2 heterocycles. The minimum Gasteiger partial charge on any atom is -0.444 e. The summed E-state index contributed by atoms with van der Waals surface area (Å²) >= 11 is 1.41. The monoisotopic (exact) mass is 325 g/mol. The van der Waals surface area contributed by atoms with E-state index in [4.69, 9.17) is 9.47 Å². The van der Waals surface area contributed by atoms with Crippen LogP contribution in [0.15, 0.2) is 17.5 Å². The summed E-state index contributed by atoms with van der Waals surface area (Å²) in [5.41, 5.74) is -0.500. The number of amides is 1. The highest BCUT2D eigenvalue weighted by molar-refractivity contribution is 7.12. The standard InChI is InChI=1S/C16H23NO4S/c1-16(2,3)21-15(19)17-8-4-6-12(17)10-20-11-13(18)14-7-5-9-22-14/h5,7,9,12H,4,6,8,10-11H2,1-3H3/t12-/m1/s1. The largest absolute Gasteiger partial charge is 0.444 e. The number of likely N-dealkylation sites (tertiary alicyclic amines) is 1. The summed E-state index contributed by atoms with van der Waals surface area (Å²) in [5, 5.41) is 1.87. The fraction of sp³-hybridized carbons (Fsp3) is 0.625. The lowest BCUT2D eigenvalue weighted by Crippen LogP contribution is -2.41. The van der Waals surface area contributed by atoms with Gasteiger partial charge in [0, 0.05) is 6.54 Å². The van der Waals surface area contributed by atoms with Crippen LogP contribution in [-0.4, -0.2) is 48.2 Å². The Morgan fingerprint density at radius 3 is 2.82 bits per heavy atom. The predicted octanol–water partition coefficient (Wildman–Crippen LogP) is 3.35. The Hall–Kier alpha value is -1.40. The zero-order valence-electron chi connectivity index (χ0n) is 13.3. The summed E-state index contributed by atoms with van der Waals surface area (Å²) in [6.07, 6.45) is 1.52. The molecule has 6 heteroatoms. The molecular weight excluding hydrogens is 302 g/mol. The number of carbonyl (C=O) groups excluding carboxylic acids is 2. The first-order valence-corrected chi connectivity index (χ1v) is 8.39. The summed E-state index contributed by atoms with van der Waals surface area (Å²) in [5.74, 6) is -0.0168. The van der Waals surface area contributed by atoms with Crippen molar-refractivity contribution in [2.75, 3.05) is 19.8 Å². The fourth-order valence-corrected chi connectivity index (χ4v) is 3.02. The van der Waals surface area contributed by atoms with Crippen molar-refractivity contribution in [3.8, 4) is 0 Å². The molecule has 1 fully saturated rings. The first-order chi connectivity index (χ1) is 10.4. The van der Waals surface area contributed by atoms with Gasteiger partial charge in [-0.1, -0.05) is 6.07 Å². The minimum atomic E-state index is -0.500. The molecule has 1 amide bonds. The summed E-state index contributed by atoms with van der Waals surface area (Å²) in [7, 11) is 0. The van der Waals surface area contributed by atoms with Crippen LogP contribution >= 0.6 is 11.3 Å². The number of carbonyl (C=O) groups is 2. The molecule has 0 aliphatic carbocycles. The van der Waals surface area contributed by atoms with Crippen molar-refractivity contribution >= 4 is 23.2 Å². The lowest BCUT2D eigenvalue weighted by Gasteiger charge is -2.28. The average Bonchev–Trinajstić information content (AvgIpc) is 3.08. The molecule has 1 aliphatic heterocycles. The molecular formula is C16H23NO4S. The highest BCUT2D eigenvalue weighted by atomic mass is 32.1. The zero-order valence-corrected chi connectivity index (χ0v) is 14.1. The number of ether oxygens (including phenoxy) is 2. The summed E-state index contributed by atoms with van der Waals surface area (Å²) in [6.45, 7) is 6.67. The first kappa shape index (κ1) is 17.0. The van der Waals surface area contributed by atoms with Crippen LogP contribution in [0.3, 0.4) is 0 Å². The number of rotatable bonds is 5. The van der Waals surface area contributed by atoms with Crippen LogP contribution in [0.1, 0.15) is 43.3 Å². The Morgan fingerprint density at radius 2 is 2.18 bits per heavy atom. The quantitative estimate of drug-likeness (QED) is 0.779. The van der Waals surface area contributed by atoms with Gasteiger partial charge in [-0.3, -0.25) is 4.79 Å². The first-order valence-electron chi connectivity index (χ1n) is 7.51. The van der Waals surface area contributed by atoms with Gasteiger partial charge in [-0.2, -0.15) is 0 Å². The maximum absolute atomic E-state index is 12.1. The van der Waals surface area contributed by atoms with Crippen molar-refractivity contribution in [3.05, 3.63) is 22.4 Å². The molecule has 1 aliphatic rings. The smallest absolute Gasteiger partial charge is 0.410 e. The predicted molar refractivity (Wildman–Crippen MR) is 85.4 cm³/mol. The van der Waals surface area contributed by atoms with Gasteiger partial charge in [-0.25, -0.2) is 4.79 Å². The zero-order chi connectivity index (χ0) is 16.2. The molecule has 0 spiro atoms. The van der Waals surface area contributed by atoms with Crippen LogP contribution < -0.4 is 0 Å². The minimum absolute atomic E-state index is 0.00835. The van der Waals surface area contributed by atoms with E-state index in [1.165, 1.54) is 11.3 Å². The average molecular weight is 325 g/mol. The Bertz CT molecular complexity index is 507. The second-order valence-corrected chi connectivity index (χ2v) is 7.33. The molecule has 0 radical (unpaired) electrons. The number of ketones is 1. The second kappa shape index (κ2) is 7.24. The van der Waals surface area contributed by atoms with Crippen LogP contribution in [0.25, 0.3) is 0 Å². The van der Waals surface area contributed by atoms with Crippen molar-refractivity contribution in [2.24, 2.45) is 0 Å². The van der Waals surface area contributed by atoms with Crippen LogP contribution in [0, 0.1) is 0 Å². The van der Waals surface area contributed by atoms with Crippen LogP contribution in [0.4, 0.5) is 4.79 Å².